The van der Waals surface area contributed by atoms with Crippen LogP contribution >= 0.6 is 0 Å². The van der Waals surface area contributed by atoms with Crippen molar-refractivity contribution in [2.24, 2.45) is 5.92 Å². The first kappa shape index (κ1) is 24.2. The van der Waals surface area contributed by atoms with Gasteiger partial charge in [-0.05, 0) is 49.6 Å². The molecular formula is C28H33N5O3. The van der Waals surface area contributed by atoms with Crippen LogP contribution in [0, 0.1) is 5.92 Å². The standard InChI is InChI=1S/C28H33N5O3/c1-3-36-28(34)21-10-15-33(16-11-21)27-23-19-32(18-20-7-6-8-22(17-20)35-2)14-12-24(23)30-26(31-27)25-9-4-5-13-29-25/h4-9,13,17,21H,3,10-12,14-16,18-19H2,1-2H3. The monoisotopic (exact) mass is 487 g/mol. The van der Waals surface area contributed by atoms with Crippen LogP contribution in [0.15, 0.2) is 48.7 Å². The summed E-state index contributed by atoms with van der Waals surface area (Å²) in [5, 5.41) is 0. The van der Waals surface area contributed by atoms with Crippen LogP contribution in [0.25, 0.3) is 11.5 Å². The topological polar surface area (TPSA) is 80.7 Å². The smallest absolute Gasteiger partial charge is 0.309 e. The van der Waals surface area contributed by atoms with Crippen molar-refractivity contribution in [3.05, 3.63) is 65.5 Å². The van der Waals surface area contributed by atoms with Crippen LogP contribution in [-0.2, 0) is 29.0 Å². The summed E-state index contributed by atoms with van der Waals surface area (Å²) in [6.07, 6.45) is 4.17. The molecule has 2 aliphatic rings. The van der Waals surface area contributed by atoms with E-state index in [1.165, 1.54) is 11.1 Å². The number of esters is 1. The third kappa shape index (κ3) is 5.33. The first-order valence-electron chi connectivity index (χ1n) is 12.7. The summed E-state index contributed by atoms with van der Waals surface area (Å²) in [5.41, 5.74) is 4.27. The third-order valence-corrected chi connectivity index (χ3v) is 6.97. The molecule has 1 saturated heterocycles. The number of carbonyl (C=O) groups is 1. The number of anilines is 1. The van der Waals surface area contributed by atoms with Crippen molar-refractivity contribution in [1.29, 1.82) is 0 Å². The minimum Gasteiger partial charge on any atom is -0.497 e. The van der Waals surface area contributed by atoms with Gasteiger partial charge in [0.1, 0.15) is 17.3 Å². The zero-order valence-corrected chi connectivity index (χ0v) is 21.0. The second kappa shape index (κ2) is 11.0. The molecular weight excluding hydrogens is 454 g/mol. The maximum atomic E-state index is 12.3. The summed E-state index contributed by atoms with van der Waals surface area (Å²) in [4.78, 5) is 31.5. The number of hydrogen-bond acceptors (Lipinski definition) is 8. The van der Waals surface area contributed by atoms with Crippen molar-refractivity contribution in [3.8, 4) is 17.3 Å². The van der Waals surface area contributed by atoms with E-state index in [0.29, 0.717) is 12.4 Å². The maximum absolute atomic E-state index is 12.3. The van der Waals surface area contributed by atoms with Crippen LogP contribution in [0.3, 0.4) is 0 Å². The quantitative estimate of drug-likeness (QED) is 0.465. The summed E-state index contributed by atoms with van der Waals surface area (Å²) in [5.74, 6) is 2.38. The van der Waals surface area contributed by atoms with Gasteiger partial charge in [0.2, 0.25) is 0 Å². The molecule has 36 heavy (non-hydrogen) atoms. The summed E-state index contributed by atoms with van der Waals surface area (Å²) in [7, 11) is 1.70. The van der Waals surface area contributed by atoms with Crippen LogP contribution in [-0.4, -0.2) is 59.2 Å². The van der Waals surface area contributed by atoms with Crippen molar-refractivity contribution >= 4 is 11.8 Å². The molecule has 188 valence electrons. The first-order chi connectivity index (χ1) is 17.6. The number of ether oxygens (including phenoxy) is 2. The summed E-state index contributed by atoms with van der Waals surface area (Å²) in [6, 6.07) is 14.1. The van der Waals surface area contributed by atoms with E-state index in [2.05, 4.69) is 26.9 Å². The van der Waals surface area contributed by atoms with Gasteiger partial charge in [0.15, 0.2) is 5.82 Å². The number of hydrogen-bond donors (Lipinski definition) is 0. The van der Waals surface area contributed by atoms with E-state index in [9.17, 15) is 4.79 Å². The van der Waals surface area contributed by atoms with Crippen molar-refractivity contribution in [2.45, 2.75) is 39.3 Å². The molecule has 0 spiro atoms. The lowest BCUT2D eigenvalue weighted by molar-refractivity contribution is -0.148. The largest absolute Gasteiger partial charge is 0.497 e. The van der Waals surface area contributed by atoms with Crippen LogP contribution in [0.5, 0.6) is 5.75 Å². The highest BCUT2D eigenvalue weighted by Crippen LogP contribution is 2.32. The predicted octanol–water partition coefficient (Wildman–Crippen LogP) is 3.89. The molecule has 0 atom stereocenters. The van der Waals surface area contributed by atoms with Crippen molar-refractivity contribution < 1.29 is 14.3 Å². The molecule has 0 bridgehead atoms. The molecule has 0 radical (unpaired) electrons. The zero-order valence-electron chi connectivity index (χ0n) is 21.0. The Morgan fingerprint density at radius 2 is 1.94 bits per heavy atom. The zero-order chi connectivity index (χ0) is 24.9. The van der Waals surface area contributed by atoms with E-state index in [-0.39, 0.29) is 11.9 Å². The minimum absolute atomic E-state index is 0.0429. The number of piperidine rings is 1. The van der Waals surface area contributed by atoms with Crippen molar-refractivity contribution in [1.82, 2.24) is 19.9 Å². The molecule has 3 aromatic rings. The van der Waals surface area contributed by atoms with Gasteiger partial charge in [-0.15, -0.1) is 0 Å². The van der Waals surface area contributed by atoms with Crippen molar-refractivity contribution in [3.63, 3.8) is 0 Å². The van der Waals surface area contributed by atoms with E-state index < -0.39 is 0 Å². The SMILES string of the molecule is CCOC(=O)C1CCN(c2nc(-c3ccccn3)nc3c2CN(Cc2cccc(OC)c2)CC3)CC1. The van der Waals surface area contributed by atoms with E-state index in [1.807, 2.05) is 37.3 Å². The van der Waals surface area contributed by atoms with E-state index >= 15 is 0 Å². The Morgan fingerprint density at radius 3 is 2.69 bits per heavy atom. The number of methoxy groups -OCH3 is 1. The number of rotatable bonds is 7. The molecule has 1 fully saturated rings. The highest BCUT2D eigenvalue weighted by molar-refractivity contribution is 5.73. The summed E-state index contributed by atoms with van der Waals surface area (Å²) in [6.45, 7) is 6.36. The van der Waals surface area contributed by atoms with Crippen LogP contribution < -0.4 is 9.64 Å². The fourth-order valence-corrected chi connectivity index (χ4v) is 5.07. The van der Waals surface area contributed by atoms with Gasteiger partial charge >= 0.3 is 5.97 Å². The van der Waals surface area contributed by atoms with Gasteiger partial charge in [0.25, 0.3) is 0 Å². The van der Waals surface area contributed by atoms with Gasteiger partial charge < -0.3 is 14.4 Å². The average Bonchev–Trinajstić information content (AvgIpc) is 2.93. The molecule has 5 rings (SSSR count). The molecule has 0 unspecified atom stereocenters. The number of aromatic nitrogens is 3. The van der Waals surface area contributed by atoms with Gasteiger partial charge in [-0.2, -0.15) is 0 Å². The number of nitrogens with zero attached hydrogens (tertiary/aromatic N) is 5. The molecule has 2 aromatic heterocycles. The van der Waals surface area contributed by atoms with E-state index in [0.717, 1.165) is 74.9 Å². The predicted molar refractivity (Wildman–Crippen MR) is 138 cm³/mol. The Kier molecular flexibility index (Phi) is 7.41. The van der Waals surface area contributed by atoms with Gasteiger partial charge in [-0.3, -0.25) is 14.7 Å². The van der Waals surface area contributed by atoms with Gasteiger partial charge in [0, 0.05) is 50.9 Å². The van der Waals surface area contributed by atoms with Crippen LogP contribution in [0.1, 0.15) is 36.6 Å². The van der Waals surface area contributed by atoms with E-state index in [1.54, 1.807) is 13.3 Å². The fraction of sp³-hybridized carbons (Fsp3) is 0.429. The molecule has 8 nitrogen and oxygen atoms in total. The highest BCUT2D eigenvalue weighted by atomic mass is 16.5. The van der Waals surface area contributed by atoms with Crippen LogP contribution in [0.4, 0.5) is 5.82 Å². The maximum Gasteiger partial charge on any atom is 0.309 e. The highest BCUT2D eigenvalue weighted by Gasteiger charge is 2.31. The number of fused-ring (bicyclic) bond motifs is 1. The molecule has 2 aliphatic heterocycles. The van der Waals surface area contributed by atoms with Crippen LogP contribution in [0.2, 0.25) is 0 Å². The van der Waals surface area contributed by atoms with E-state index in [4.69, 9.17) is 19.4 Å². The molecule has 1 aromatic carbocycles. The molecule has 0 aliphatic carbocycles. The number of carbonyl (C=O) groups excluding carboxylic acids is 1. The Bertz CT molecular complexity index is 1200. The molecule has 0 saturated carbocycles. The first-order valence-corrected chi connectivity index (χ1v) is 12.7. The number of pyridine rings is 1. The lowest BCUT2D eigenvalue weighted by atomic mass is 9.96. The summed E-state index contributed by atoms with van der Waals surface area (Å²) >= 11 is 0. The normalized spacial score (nSPS) is 16.4. The molecule has 4 heterocycles. The second-order valence-electron chi connectivity index (χ2n) is 9.34. The average molecular weight is 488 g/mol. The van der Waals surface area contributed by atoms with Gasteiger partial charge in [-0.1, -0.05) is 18.2 Å². The number of benzene rings is 1. The minimum atomic E-state index is -0.0829. The van der Waals surface area contributed by atoms with Gasteiger partial charge in [0.05, 0.1) is 25.3 Å². The lowest BCUT2D eigenvalue weighted by Crippen LogP contribution is -2.40. The second-order valence-corrected chi connectivity index (χ2v) is 9.34. The Labute approximate surface area is 212 Å². The molecule has 0 N–H and O–H groups in total. The Balaban J connectivity index is 1.42. The van der Waals surface area contributed by atoms with Gasteiger partial charge in [-0.25, -0.2) is 9.97 Å². The van der Waals surface area contributed by atoms with Crippen molar-refractivity contribution in [2.75, 3.05) is 38.3 Å². The Hall–Kier alpha value is -3.52. The lowest BCUT2D eigenvalue weighted by Gasteiger charge is -2.36. The molecule has 0 amide bonds. The third-order valence-electron chi connectivity index (χ3n) is 6.97. The Morgan fingerprint density at radius 1 is 1.08 bits per heavy atom. The summed E-state index contributed by atoms with van der Waals surface area (Å²) < 4.78 is 10.7. The fourth-order valence-electron chi connectivity index (χ4n) is 5.07. The molecule has 8 heteroatoms.